The van der Waals surface area contributed by atoms with Crippen molar-refractivity contribution < 1.29 is 13.2 Å². The molecule has 0 aliphatic carbocycles. The molecule has 0 bridgehead atoms. The standard InChI is InChI=1S/C23H21N3O3S3/c1-3-32(28,29)18-11-9-17(10-12-18)22(27)26(15-16-6-5-13-24-14-16)23-25-21-19(30-2)7-4-8-20(21)31-23/h4-14H,3,15H2,1-2H3. The van der Waals surface area contributed by atoms with Crippen LogP contribution in [0.3, 0.4) is 0 Å². The highest BCUT2D eigenvalue weighted by Crippen LogP contribution is 2.35. The lowest BCUT2D eigenvalue weighted by molar-refractivity contribution is 0.0985. The number of carbonyl (C=O) groups is 1. The molecule has 2 aromatic carbocycles. The number of hydrogen-bond acceptors (Lipinski definition) is 7. The number of sulfone groups is 1. The second-order valence-corrected chi connectivity index (χ2v) is 11.1. The van der Waals surface area contributed by atoms with Crippen molar-refractivity contribution in [2.24, 2.45) is 0 Å². The molecule has 0 aliphatic heterocycles. The highest BCUT2D eigenvalue weighted by atomic mass is 32.2. The summed E-state index contributed by atoms with van der Waals surface area (Å²) in [5, 5.41) is 0.584. The van der Waals surface area contributed by atoms with E-state index in [4.69, 9.17) is 4.98 Å². The molecule has 0 saturated carbocycles. The average molecular weight is 484 g/mol. The van der Waals surface area contributed by atoms with Crippen LogP contribution in [0.15, 0.2) is 76.8 Å². The number of pyridine rings is 1. The molecule has 1 amide bonds. The van der Waals surface area contributed by atoms with Crippen LogP contribution in [0.25, 0.3) is 10.2 Å². The van der Waals surface area contributed by atoms with Crippen LogP contribution in [0.2, 0.25) is 0 Å². The van der Waals surface area contributed by atoms with Gasteiger partial charge in [0.15, 0.2) is 15.0 Å². The van der Waals surface area contributed by atoms with Crippen LogP contribution < -0.4 is 4.90 Å². The smallest absolute Gasteiger partial charge is 0.260 e. The van der Waals surface area contributed by atoms with Crippen molar-refractivity contribution in [3.63, 3.8) is 0 Å². The third-order valence-corrected chi connectivity index (χ3v) is 8.53. The fourth-order valence-electron chi connectivity index (χ4n) is 3.22. The minimum absolute atomic E-state index is 0.0108. The zero-order valence-corrected chi connectivity index (χ0v) is 20.0. The van der Waals surface area contributed by atoms with Crippen molar-refractivity contribution in [3.8, 4) is 0 Å². The number of carbonyl (C=O) groups excluding carboxylic acids is 1. The van der Waals surface area contributed by atoms with Gasteiger partial charge in [-0.1, -0.05) is 30.4 Å². The summed E-state index contributed by atoms with van der Waals surface area (Å²) in [5.41, 5.74) is 2.14. The van der Waals surface area contributed by atoms with Gasteiger partial charge in [-0.2, -0.15) is 0 Å². The molecule has 4 aromatic rings. The normalized spacial score (nSPS) is 11.6. The van der Waals surface area contributed by atoms with Crippen LogP contribution >= 0.6 is 23.1 Å². The van der Waals surface area contributed by atoms with Crippen molar-refractivity contribution in [1.82, 2.24) is 9.97 Å². The van der Waals surface area contributed by atoms with E-state index in [0.717, 1.165) is 20.7 Å². The molecule has 0 saturated heterocycles. The van der Waals surface area contributed by atoms with Crippen molar-refractivity contribution in [3.05, 3.63) is 78.1 Å². The van der Waals surface area contributed by atoms with E-state index in [1.807, 2.05) is 36.6 Å². The molecule has 4 rings (SSSR count). The number of fused-ring (bicyclic) bond motifs is 1. The van der Waals surface area contributed by atoms with E-state index < -0.39 is 9.84 Å². The van der Waals surface area contributed by atoms with Crippen molar-refractivity contribution in [2.75, 3.05) is 16.9 Å². The highest BCUT2D eigenvalue weighted by Gasteiger charge is 2.23. The number of amides is 1. The predicted molar refractivity (Wildman–Crippen MR) is 130 cm³/mol. The molecule has 0 unspecified atom stereocenters. The molecular weight excluding hydrogens is 462 g/mol. The van der Waals surface area contributed by atoms with Gasteiger partial charge in [0.25, 0.3) is 5.91 Å². The number of thiazole rings is 1. The number of rotatable bonds is 7. The number of para-hydroxylation sites is 1. The van der Waals surface area contributed by atoms with Gasteiger partial charge in [-0.15, -0.1) is 11.8 Å². The second kappa shape index (κ2) is 9.40. The van der Waals surface area contributed by atoms with Crippen LogP contribution in [0.5, 0.6) is 0 Å². The Kier molecular flexibility index (Phi) is 6.59. The van der Waals surface area contributed by atoms with Crippen LogP contribution in [0, 0.1) is 0 Å². The number of anilines is 1. The molecule has 0 spiro atoms. The molecule has 0 aliphatic rings. The SMILES string of the molecule is CCS(=O)(=O)c1ccc(C(=O)N(Cc2cccnc2)c2nc3c(SC)cccc3s2)cc1. The van der Waals surface area contributed by atoms with E-state index in [1.165, 1.54) is 23.5 Å². The van der Waals surface area contributed by atoms with E-state index in [0.29, 0.717) is 17.2 Å². The summed E-state index contributed by atoms with van der Waals surface area (Å²) in [6.45, 7) is 1.90. The predicted octanol–water partition coefficient (Wildman–Crippen LogP) is 5.05. The third-order valence-electron chi connectivity index (χ3n) is 4.97. The second-order valence-electron chi connectivity index (χ2n) is 6.98. The molecule has 0 atom stereocenters. The van der Waals surface area contributed by atoms with Gasteiger partial charge in [0.2, 0.25) is 0 Å². The Bertz CT molecular complexity index is 1350. The Hall–Kier alpha value is -2.75. The van der Waals surface area contributed by atoms with Crippen molar-refractivity contribution >= 4 is 54.2 Å². The molecule has 164 valence electrons. The van der Waals surface area contributed by atoms with Crippen molar-refractivity contribution in [1.29, 1.82) is 0 Å². The number of nitrogens with zero attached hydrogens (tertiary/aromatic N) is 3. The van der Waals surface area contributed by atoms with Crippen LogP contribution in [0.1, 0.15) is 22.8 Å². The van der Waals surface area contributed by atoms with E-state index in [-0.39, 0.29) is 16.6 Å². The average Bonchev–Trinajstić information content (AvgIpc) is 3.27. The Morgan fingerprint density at radius 2 is 1.88 bits per heavy atom. The molecule has 32 heavy (non-hydrogen) atoms. The molecule has 0 fully saturated rings. The van der Waals surface area contributed by atoms with Gasteiger partial charge in [-0.05, 0) is 54.3 Å². The maximum Gasteiger partial charge on any atom is 0.260 e. The fourth-order valence-corrected chi connectivity index (χ4v) is 5.72. The number of thioether (sulfide) groups is 1. The molecular formula is C23H21N3O3S3. The minimum Gasteiger partial charge on any atom is -0.279 e. The number of benzene rings is 2. The lowest BCUT2D eigenvalue weighted by atomic mass is 10.2. The maximum absolute atomic E-state index is 13.5. The zero-order chi connectivity index (χ0) is 22.7. The Morgan fingerprint density at radius 1 is 1.09 bits per heavy atom. The summed E-state index contributed by atoms with van der Waals surface area (Å²) in [7, 11) is -3.33. The summed E-state index contributed by atoms with van der Waals surface area (Å²) in [5.74, 6) is -0.240. The van der Waals surface area contributed by atoms with E-state index in [9.17, 15) is 13.2 Å². The van der Waals surface area contributed by atoms with Gasteiger partial charge in [-0.25, -0.2) is 13.4 Å². The highest BCUT2D eigenvalue weighted by molar-refractivity contribution is 7.98. The summed E-state index contributed by atoms with van der Waals surface area (Å²) >= 11 is 3.06. The van der Waals surface area contributed by atoms with Gasteiger partial charge < -0.3 is 0 Å². The molecule has 6 nitrogen and oxygen atoms in total. The largest absolute Gasteiger partial charge is 0.279 e. The topological polar surface area (TPSA) is 80.2 Å². The van der Waals surface area contributed by atoms with Crippen molar-refractivity contribution in [2.45, 2.75) is 23.3 Å². The van der Waals surface area contributed by atoms with E-state index in [1.54, 1.807) is 48.1 Å². The van der Waals surface area contributed by atoms with E-state index >= 15 is 0 Å². The lowest BCUT2D eigenvalue weighted by Crippen LogP contribution is -2.30. The first-order valence-corrected chi connectivity index (χ1v) is 13.6. The lowest BCUT2D eigenvalue weighted by Gasteiger charge is -2.20. The molecule has 0 radical (unpaired) electrons. The first kappa shape index (κ1) is 22.4. The first-order valence-electron chi connectivity index (χ1n) is 9.90. The molecule has 2 heterocycles. The monoisotopic (exact) mass is 483 g/mol. The summed E-state index contributed by atoms with van der Waals surface area (Å²) in [6, 6.07) is 15.8. The Labute approximate surface area is 195 Å². The number of aromatic nitrogens is 2. The van der Waals surface area contributed by atoms with Gasteiger partial charge in [0.05, 0.1) is 27.4 Å². The maximum atomic E-state index is 13.5. The quantitative estimate of drug-likeness (QED) is 0.342. The molecule has 9 heteroatoms. The minimum atomic E-state index is -3.33. The summed E-state index contributed by atoms with van der Waals surface area (Å²) < 4.78 is 25.3. The fraction of sp³-hybridized carbons (Fsp3) is 0.174. The zero-order valence-electron chi connectivity index (χ0n) is 17.6. The summed E-state index contributed by atoms with van der Waals surface area (Å²) in [6.07, 6.45) is 5.40. The Morgan fingerprint density at radius 3 is 2.53 bits per heavy atom. The first-order chi connectivity index (χ1) is 15.4. The van der Waals surface area contributed by atoms with Gasteiger partial charge in [0, 0.05) is 22.9 Å². The van der Waals surface area contributed by atoms with E-state index in [2.05, 4.69) is 4.98 Å². The van der Waals surface area contributed by atoms with Crippen LogP contribution in [-0.4, -0.2) is 36.3 Å². The Balaban J connectivity index is 1.75. The number of hydrogen-bond donors (Lipinski definition) is 0. The van der Waals surface area contributed by atoms with Gasteiger partial charge in [0.1, 0.15) is 0 Å². The molecule has 2 aromatic heterocycles. The van der Waals surface area contributed by atoms with Crippen LogP contribution in [-0.2, 0) is 16.4 Å². The van der Waals surface area contributed by atoms with Gasteiger partial charge in [-0.3, -0.25) is 14.7 Å². The molecule has 0 N–H and O–H groups in total. The van der Waals surface area contributed by atoms with Gasteiger partial charge >= 0.3 is 0 Å². The van der Waals surface area contributed by atoms with Crippen LogP contribution in [0.4, 0.5) is 5.13 Å². The third kappa shape index (κ3) is 4.55. The summed E-state index contributed by atoms with van der Waals surface area (Å²) in [4.78, 5) is 25.3.